The minimum absolute atomic E-state index is 0.355. The Balaban J connectivity index is 1.45. The lowest BCUT2D eigenvalue weighted by Gasteiger charge is -2.45. The number of hydrogen-bond donors (Lipinski definition) is 0. The quantitative estimate of drug-likeness (QED) is 0.390. The number of rotatable bonds is 10. The van der Waals surface area contributed by atoms with E-state index >= 15 is 0 Å². The summed E-state index contributed by atoms with van der Waals surface area (Å²) in [5.41, 5.74) is 0. The fourth-order valence-electron chi connectivity index (χ4n) is 4.96. The van der Waals surface area contributed by atoms with E-state index in [-0.39, 0.29) is 0 Å². The van der Waals surface area contributed by atoms with Crippen molar-refractivity contribution in [3.8, 4) is 0 Å². The number of carbonyl (C=O) groups is 1. The van der Waals surface area contributed by atoms with Crippen LogP contribution in [0.3, 0.4) is 0 Å². The summed E-state index contributed by atoms with van der Waals surface area (Å²) in [6.07, 6.45) is 12.2. The number of fused-ring (bicyclic) bond motifs is 1. The molecule has 27 heavy (non-hydrogen) atoms. The average Bonchev–Trinajstić information content (AvgIpc) is 3.22. The van der Waals surface area contributed by atoms with E-state index in [0.717, 1.165) is 31.2 Å². The second-order valence-corrected chi connectivity index (χ2v) is 11.2. The Hall–Kier alpha value is 0.0900. The third kappa shape index (κ3) is 6.83. The first-order valence-electron chi connectivity index (χ1n) is 11.1. The zero-order chi connectivity index (χ0) is 18.9. The van der Waals surface area contributed by atoms with Gasteiger partial charge in [-0.2, -0.15) is 0 Å². The second kappa shape index (κ2) is 11.9. The van der Waals surface area contributed by atoms with Crippen LogP contribution in [0.5, 0.6) is 0 Å². The van der Waals surface area contributed by atoms with Gasteiger partial charge in [-0.25, -0.2) is 0 Å². The number of methoxy groups -OCH3 is 1. The van der Waals surface area contributed by atoms with Crippen molar-refractivity contribution >= 4 is 27.5 Å². The minimum Gasteiger partial charge on any atom is -0.383 e. The van der Waals surface area contributed by atoms with E-state index in [2.05, 4.69) is 20.6 Å². The van der Waals surface area contributed by atoms with Crippen LogP contribution in [0.25, 0.3) is 0 Å². The predicted molar refractivity (Wildman–Crippen MR) is 117 cm³/mol. The molecule has 1 unspecified atom stereocenters. The van der Waals surface area contributed by atoms with Gasteiger partial charge in [-0.05, 0) is 64.0 Å². The Kier molecular flexibility index (Phi) is 9.64. The molecule has 0 spiro atoms. The fourth-order valence-corrected chi connectivity index (χ4v) is 7.99. The van der Waals surface area contributed by atoms with Crippen molar-refractivity contribution in [3.05, 3.63) is 0 Å². The van der Waals surface area contributed by atoms with Crippen LogP contribution >= 0.6 is 21.6 Å². The average molecular weight is 415 g/mol. The lowest BCUT2D eigenvalue weighted by molar-refractivity contribution is -0.133. The molecule has 1 amide bonds. The number of nitrogens with zero attached hydrogens (tertiary/aromatic N) is 2. The molecular formula is C21H38N2O2S2. The van der Waals surface area contributed by atoms with Crippen molar-refractivity contribution in [2.24, 2.45) is 5.92 Å². The van der Waals surface area contributed by atoms with E-state index in [1.165, 1.54) is 70.2 Å². The van der Waals surface area contributed by atoms with E-state index in [1.54, 1.807) is 7.11 Å². The van der Waals surface area contributed by atoms with Crippen LogP contribution in [-0.2, 0) is 9.53 Å². The Bertz CT molecular complexity index is 444. The van der Waals surface area contributed by atoms with Gasteiger partial charge < -0.3 is 14.5 Å². The zero-order valence-corrected chi connectivity index (χ0v) is 18.7. The third-order valence-corrected chi connectivity index (χ3v) is 9.50. The van der Waals surface area contributed by atoms with Crippen LogP contribution < -0.4 is 0 Å². The molecule has 0 aliphatic carbocycles. The highest BCUT2D eigenvalue weighted by molar-refractivity contribution is 8.77. The maximum atomic E-state index is 12.9. The highest BCUT2D eigenvalue weighted by Gasteiger charge is 2.34. The first kappa shape index (κ1) is 21.8. The summed E-state index contributed by atoms with van der Waals surface area (Å²) in [6.45, 7) is 4.89. The smallest absolute Gasteiger partial charge is 0.222 e. The second-order valence-electron chi connectivity index (χ2n) is 8.41. The molecule has 3 aliphatic rings. The zero-order valence-electron chi connectivity index (χ0n) is 17.1. The van der Waals surface area contributed by atoms with E-state index in [0.29, 0.717) is 24.5 Å². The maximum absolute atomic E-state index is 12.9. The normalized spacial score (nSPS) is 28.9. The largest absolute Gasteiger partial charge is 0.383 e. The van der Waals surface area contributed by atoms with Crippen LogP contribution in [0.4, 0.5) is 0 Å². The van der Waals surface area contributed by atoms with Gasteiger partial charge in [0.15, 0.2) is 0 Å². The van der Waals surface area contributed by atoms with Crippen LogP contribution in [0, 0.1) is 5.92 Å². The van der Waals surface area contributed by atoms with Gasteiger partial charge >= 0.3 is 0 Å². The number of amides is 1. The molecule has 0 aromatic heterocycles. The summed E-state index contributed by atoms with van der Waals surface area (Å²) in [6, 6.07) is 0.710. The molecule has 0 radical (unpaired) electrons. The van der Waals surface area contributed by atoms with Gasteiger partial charge in [0.1, 0.15) is 0 Å². The SMILES string of the molecule is COCCN(C[C@@H]1CCCN2CCCC[C@H]12)C(=O)CCCCC1CCSS1. The van der Waals surface area contributed by atoms with Crippen molar-refractivity contribution < 1.29 is 9.53 Å². The van der Waals surface area contributed by atoms with Crippen molar-refractivity contribution in [2.75, 3.05) is 45.6 Å². The number of carbonyl (C=O) groups excluding carboxylic acids is 1. The van der Waals surface area contributed by atoms with Crippen molar-refractivity contribution in [1.29, 1.82) is 0 Å². The molecule has 0 aromatic rings. The van der Waals surface area contributed by atoms with E-state index in [9.17, 15) is 4.79 Å². The fraction of sp³-hybridized carbons (Fsp3) is 0.952. The van der Waals surface area contributed by atoms with Gasteiger partial charge in [0.25, 0.3) is 0 Å². The molecule has 3 heterocycles. The van der Waals surface area contributed by atoms with E-state index in [1.807, 2.05) is 10.8 Å². The highest BCUT2D eigenvalue weighted by atomic mass is 33.1. The molecule has 3 atom stereocenters. The van der Waals surface area contributed by atoms with Crippen molar-refractivity contribution in [1.82, 2.24) is 9.80 Å². The highest BCUT2D eigenvalue weighted by Crippen LogP contribution is 2.40. The number of piperidine rings is 2. The molecule has 3 fully saturated rings. The van der Waals surface area contributed by atoms with Crippen LogP contribution in [-0.4, -0.2) is 72.6 Å². The molecule has 0 N–H and O–H groups in total. The summed E-state index contributed by atoms with van der Waals surface area (Å²) >= 11 is 0. The Morgan fingerprint density at radius 3 is 2.85 bits per heavy atom. The molecule has 4 nitrogen and oxygen atoms in total. The molecule has 156 valence electrons. The molecule has 3 rings (SSSR count). The lowest BCUT2D eigenvalue weighted by Crippen LogP contribution is -2.52. The first-order chi connectivity index (χ1) is 13.3. The third-order valence-electron chi connectivity index (χ3n) is 6.50. The number of unbranched alkanes of at least 4 members (excludes halogenated alkanes) is 1. The minimum atomic E-state index is 0.355. The van der Waals surface area contributed by atoms with E-state index < -0.39 is 0 Å². The first-order valence-corrected chi connectivity index (χ1v) is 13.4. The molecule has 3 aliphatic heterocycles. The Morgan fingerprint density at radius 2 is 2.04 bits per heavy atom. The Labute approximate surface area is 173 Å². The number of hydrogen-bond acceptors (Lipinski definition) is 5. The van der Waals surface area contributed by atoms with Gasteiger partial charge in [-0.15, -0.1) is 0 Å². The monoisotopic (exact) mass is 414 g/mol. The van der Waals surface area contributed by atoms with Crippen molar-refractivity contribution in [2.45, 2.75) is 75.5 Å². The Morgan fingerprint density at radius 1 is 1.15 bits per heavy atom. The summed E-state index contributed by atoms with van der Waals surface area (Å²) < 4.78 is 5.30. The van der Waals surface area contributed by atoms with Crippen molar-refractivity contribution in [3.63, 3.8) is 0 Å². The molecule has 0 bridgehead atoms. The topological polar surface area (TPSA) is 32.8 Å². The molecule has 0 aromatic carbocycles. The lowest BCUT2D eigenvalue weighted by atomic mass is 9.83. The number of ether oxygens (including phenoxy) is 1. The summed E-state index contributed by atoms with van der Waals surface area (Å²) in [5.74, 6) is 2.32. The van der Waals surface area contributed by atoms with Crippen LogP contribution in [0.2, 0.25) is 0 Å². The van der Waals surface area contributed by atoms with Gasteiger partial charge in [-0.3, -0.25) is 4.79 Å². The maximum Gasteiger partial charge on any atom is 0.222 e. The molecular weight excluding hydrogens is 376 g/mol. The molecule has 3 saturated heterocycles. The summed E-state index contributed by atoms with van der Waals surface area (Å²) in [4.78, 5) is 17.8. The standard InChI is InChI=1S/C21H38N2O2S2/c1-25-15-14-23(21(24)10-3-2-8-19-11-16-26-27-19)17-18-7-6-13-22-12-5-4-9-20(18)22/h18-20H,2-17H2,1H3/t18-,19?,20+/m0/s1. The van der Waals surface area contributed by atoms with Gasteiger partial charge in [0, 0.05) is 43.7 Å². The summed E-state index contributed by atoms with van der Waals surface area (Å²) in [5, 5.41) is 0.828. The molecule has 6 heteroatoms. The molecule has 0 saturated carbocycles. The van der Waals surface area contributed by atoms with Gasteiger partial charge in [0.2, 0.25) is 5.91 Å². The van der Waals surface area contributed by atoms with Gasteiger partial charge in [-0.1, -0.05) is 34.4 Å². The summed E-state index contributed by atoms with van der Waals surface area (Å²) in [7, 11) is 5.80. The predicted octanol–water partition coefficient (Wildman–Crippen LogP) is 4.44. The van der Waals surface area contributed by atoms with Crippen LogP contribution in [0.1, 0.15) is 64.2 Å². The van der Waals surface area contributed by atoms with E-state index in [4.69, 9.17) is 4.74 Å². The van der Waals surface area contributed by atoms with Crippen LogP contribution in [0.15, 0.2) is 0 Å². The van der Waals surface area contributed by atoms with Gasteiger partial charge in [0.05, 0.1) is 6.61 Å².